The maximum absolute atomic E-state index is 11.9. The maximum Gasteiger partial charge on any atom is 0.204 e. The van der Waals surface area contributed by atoms with Gasteiger partial charge in [0.1, 0.15) is 0 Å². The topological polar surface area (TPSA) is 34.1 Å². The zero-order valence-electron chi connectivity index (χ0n) is 9.43. The predicted octanol–water partition coefficient (Wildman–Crippen LogP) is 2.75. The lowest BCUT2D eigenvalue weighted by molar-refractivity contribution is -0.149. The van der Waals surface area contributed by atoms with E-state index >= 15 is 0 Å². The highest BCUT2D eigenvalue weighted by Crippen LogP contribution is 2.44. The number of rotatable bonds is 3. The number of carbonyl (C=O) groups is 2. The summed E-state index contributed by atoms with van der Waals surface area (Å²) in [6, 6.07) is 0. The summed E-state index contributed by atoms with van der Waals surface area (Å²) in [7, 11) is 0. The molecule has 0 bridgehead atoms. The van der Waals surface area contributed by atoms with Crippen molar-refractivity contribution in [2.24, 2.45) is 11.3 Å². The average Bonchev–Trinajstić information content (AvgIpc) is 2.22. The van der Waals surface area contributed by atoms with E-state index in [-0.39, 0.29) is 17.0 Å². The second-order valence-electron chi connectivity index (χ2n) is 4.26. The molecule has 1 aliphatic rings. The molecule has 2 heteroatoms. The van der Waals surface area contributed by atoms with Crippen LogP contribution in [0.5, 0.6) is 0 Å². The zero-order valence-corrected chi connectivity index (χ0v) is 9.43. The monoisotopic (exact) mass is 196 g/mol. The van der Waals surface area contributed by atoms with Crippen molar-refractivity contribution in [1.29, 1.82) is 0 Å². The second-order valence-corrected chi connectivity index (χ2v) is 4.26. The highest BCUT2D eigenvalue weighted by atomic mass is 16.2. The third-order valence-electron chi connectivity index (χ3n) is 3.96. The van der Waals surface area contributed by atoms with E-state index < -0.39 is 0 Å². The molecule has 14 heavy (non-hydrogen) atoms. The van der Waals surface area contributed by atoms with E-state index in [0.717, 1.165) is 25.7 Å². The van der Waals surface area contributed by atoms with E-state index in [2.05, 4.69) is 6.92 Å². The summed E-state index contributed by atoms with van der Waals surface area (Å²) in [5.41, 5.74) is -0.329. The van der Waals surface area contributed by atoms with Gasteiger partial charge in [-0.15, -0.1) is 0 Å². The standard InChI is InChI=1S/C12H20O2/c1-4-9-7-8-10(13)11(14)12(9,5-2)6-3/h9H,4-8H2,1-3H3. The van der Waals surface area contributed by atoms with Gasteiger partial charge in [-0.25, -0.2) is 0 Å². The predicted molar refractivity (Wildman–Crippen MR) is 56.0 cm³/mol. The van der Waals surface area contributed by atoms with Crippen LogP contribution in [0.1, 0.15) is 52.9 Å². The van der Waals surface area contributed by atoms with Crippen molar-refractivity contribution in [3.05, 3.63) is 0 Å². The van der Waals surface area contributed by atoms with Crippen molar-refractivity contribution in [3.63, 3.8) is 0 Å². The van der Waals surface area contributed by atoms with Crippen LogP contribution in [0, 0.1) is 11.3 Å². The Morgan fingerprint density at radius 2 is 1.79 bits per heavy atom. The van der Waals surface area contributed by atoms with Gasteiger partial charge in [0.2, 0.25) is 5.78 Å². The van der Waals surface area contributed by atoms with Crippen LogP contribution >= 0.6 is 0 Å². The van der Waals surface area contributed by atoms with E-state index in [1.807, 2.05) is 13.8 Å². The van der Waals surface area contributed by atoms with Crippen molar-refractivity contribution in [2.45, 2.75) is 52.9 Å². The van der Waals surface area contributed by atoms with Crippen LogP contribution in [0.15, 0.2) is 0 Å². The fraction of sp³-hybridized carbons (Fsp3) is 0.833. The van der Waals surface area contributed by atoms with Gasteiger partial charge in [0.15, 0.2) is 5.78 Å². The fourth-order valence-corrected chi connectivity index (χ4v) is 2.90. The van der Waals surface area contributed by atoms with E-state index in [0.29, 0.717) is 12.3 Å². The molecule has 0 aromatic rings. The normalized spacial score (nSPS) is 26.6. The van der Waals surface area contributed by atoms with Crippen LogP contribution in [0.2, 0.25) is 0 Å². The molecule has 1 unspecified atom stereocenters. The first-order chi connectivity index (χ1) is 6.62. The number of carbonyl (C=O) groups excluding carboxylic acids is 2. The molecule has 0 amide bonds. The summed E-state index contributed by atoms with van der Waals surface area (Å²) >= 11 is 0. The van der Waals surface area contributed by atoms with Crippen molar-refractivity contribution in [3.8, 4) is 0 Å². The summed E-state index contributed by atoms with van der Waals surface area (Å²) in [4.78, 5) is 23.4. The molecule has 1 fully saturated rings. The smallest absolute Gasteiger partial charge is 0.204 e. The van der Waals surface area contributed by atoms with E-state index in [1.54, 1.807) is 0 Å². The highest BCUT2D eigenvalue weighted by molar-refractivity contribution is 6.39. The lowest BCUT2D eigenvalue weighted by Gasteiger charge is -2.40. The molecule has 1 atom stereocenters. The van der Waals surface area contributed by atoms with Gasteiger partial charge >= 0.3 is 0 Å². The van der Waals surface area contributed by atoms with Gasteiger partial charge < -0.3 is 0 Å². The maximum atomic E-state index is 11.9. The summed E-state index contributed by atoms with van der Waals surface area (Å²) < 4.78 is 0. The number of ketones is 2. The van der Waals surface area contributed by atoms with Crippen LogP contribution in [-0.2, 0) is 9.59 Å². The van der Waals surface area contributed by atoms with Gasteiger partial charge in [-0.1, -0.05) is 27.2 Å². The lowest BCUT2D eigenvalue weighted by Crippen LogP contribution is -2.45. The first kappa shape index (κ1) is 11.4. The van der Waals surface area contributed by atoms with Crippen molar-refractivity contribution in [1.82, 2.24) is 0 Å². The number of hydrogen-bond acceptors (Lipinski definition) is 2. The Balaban J connectivity index is 3.02. The third kappa shape index (κ3) is 1.51. The van der Waals surface area contributed by atoms with Crippen LogP contribution in [0.4, 0.5) is 0 Å². The molecule has 0 heterocycles. The van der Waals surface area contributed by atoms with Gasteiger partial charge in [0.05, 0.1) is 0 Å². The largest absolute Gasteiger partial charge is 0.291 e. The molecule has 0 saturated heterocycles. The minimum atomic E-state index is -0.329. The van der Waals surface area contributed by atoms with Gasteiger partial charge in [-0.05, 0) is 25.2 Å². The Kier molecular flexibility index (Phi) is 3.46. The molecule has 1 saturated carbocycles. The van der Waals surface area contributed by atoms with E-state index in [4.69, 9.17) is 0 Å². The molecular formula is C12H20O2. The Bertz CT molecular complexity index is 239. The van der Waals surface area contributed by atoms with Gasteiger partial charge in [-0.2, -0.15) is 0 Å². The first-order valence-corrected chi connectivity index (χ1v) is 5.70. The molecule has 80 valence electrons. The Labute approximate surface area is 86.1 Å². The Morgan fingerprint density at radius 3 is 2.21 bits per heavy atom. The molecule has 1 rings (SSSR count). The zero-order chi connectivity index (χ0) is 10.8. The average molecular weight is 196 g/mol. The molecular weight excluding hydrogens is 176 g/mol. The van der Waals surface area contributed by atoms with Gasteiger partial charge in [0.25, 0.3) is 0 Å². The minimum Gasteiger partial charge on any atom is -0.291 e. The summed E-state index contributed by atoms with van der Waals surface area (Å²) in [5.74, 6) is 0.182. The van der Waals surface area contributed by atoms with Crippen LogP contribution in [0.25, 0.3) is 0 Å². The van der Waals surface area contributed by atoms with Gasteiger partial charge in [0, 0.05) is 11.8 Å². The fourth-order valence-electron chi connectivity index (χ4n) is 2.90. The van der Waals surface area contributed by atoms with Crippen LogP contribution in [-0.4, -0.2) is 11.6 Å². The Hall–Kier alpha value is -0.660. The highest BCUT2D eigenvalue weighted by Gasteiger charge is 2.47. The lowest BCUT2D eigenvalue weighted by atomic mass is 9.61. The summed E-state index contributed by atoms with van der Waals surface area (Å²) in [6.45, 7) is 6.18. The van der Waals surface area contributed by atoms with Gasteiger partial charge in [-0.3, -0.25) is 9.59 Å². The SMILES string of the molecule is CCC1CCC(=O)C(=O)C1(CC)CC. The summed E-state index contributed by atoms with van der Waals surface area (Å²) in [5, 5.41) is 0. The molecule has 1 aliphatic carbocycles. The number of Topliss-reactive ketones (excluding diaryl/α,β-unsaturated/α-hetero) is 2. The Morgan fingerprint density at radius 1 is 1.21 bits per heavy atom. The van der Waals surface area contributed by atoms with Crippen molar-refractivity contribution in [2.75, 3.05) is 0 Å². The number of hydrogen-bond donors (Lipinski definition) is 0. The van der Waals surface area contributed by atoms with E-state index in [9.17, 15) is 9.59 Å². The van der Waals surface area contributed by atoms with Crippen molar-refractivity contribution >= 4 is 11.6 Å². The second kappa shape index (κ2) is 4.24. The molecule has 0 spiro atoms. The summed E-state index contributed by atoms with van der Waals surface area (Å²) in [6.07, 6.45) is 4.02. The quantitative estimate of drug-likeness (QED) is 0.650. The molecule has 0 aromatic heterocycles. The molecule has 2 nitrogen and oxygen atoms in total. The molecule has 0 aromatic carbocycles. The molecule has 0 N–H and O–H groups in total. The molecule has 0 aliphatic heterocycles. The van der Waals surface area contributed by atoms with E-state index in [1.165, 1.54) is 0 Å². The minimum absolute atomic E-state index is 0.0967. The van der Waals surface area contributed by atoms with Crippen LogP contribution in [0.3, 0.4) is 0 Å². The van der Waals surface area contributed by atoms with Crippen molar-refractivity contribution < 1.29 is 9.59 Å². The third-order valence-corrected chi connectivity index (χ3v) is 3.96. The first-order valence-electron chi connectivity index (χ1n) is 5.70. The molecule has 0 radical (unpaired) electrons. The van der Waals surface area contributed by atoms with Crippen LogP contribution < -0.4 is 0 Å².